The number of thiocarbonyl (C=S) groups is 1. The summed E-state index contributed by atoms with van der Waals surface area (Å²) < 4.78 is 5.61. The summed E-state index contributed by atoms with van der Waals surface area (Å²) in [4.78, 5) is 13.9. The normalized spacial score (nSPS) is 13.9. The third-order valence-electron chi connectivity index (χ3n) is 4.73. The number of nitrogens with zero attached hydrogens (tertiary/aromatic N) is 2. The van der Waals surface area contributed by atoms with Crippen LogP contribution in [-0.2, 0) is 4.79 Å². The second kappa shape index (κ2) is 10.0. The van der Waals surface area contributed by atoms with E-state index in [4.69, 9.17) is 17.0 Å². The van der Waals surface area contributed by atoms with Crippen LogP contribution in [0.2, 0.25) is 0 Å². The molecule has 0 aromatic heterocycles. The van der Waals surface area contributed by atoms with Gasteiger partial charge in [-0.3, -0.25) is 10.2 Å². The number of hydrazone groups is 1. The summed E-state index contributed by atoms with van der Waals surface area (Å²) in [6.45, 7) is 5.69. The van der Waals surface area contributed by atoms with Gasteiger partial charge in [0.05, 0.1) is 5.71 Å². The van der Waals surface area contributed by atoms with Crippen molar-refractivity contribution in [3.05, 3.63) is 59.7 Å². The van der Waals surface area contributed by atoms with Crippen LogP contribution in [-0.4, -0.2) is 41.3 Å². The van der Waals surface area contributed by atoms with Crippen molar-refractivity contribution in [1.29, 1.82) is 0 Å². The summed E-state index contributed by atoms with van der Waals surface area (Å²) in [5.74, 6) is 0.710. The maximum Gasteiger partial charge on any atom is 0.260 e. The van der Waals surface area contributed by atoms with Gasteiger partial charge in [-0.1, -0.05) is 17.7 Å². The van der Waals surface area contributed by atoms with Crippen LogP contribution in [0.5, 0.6) is 5.75 Å². The van der Waals surface area contributed by atoms with E-state index >= 15 is 0 Å². The van der Waals surface area contributed by atoms with Gasteiger partial charge in [-0.05, 0) is 80.9 Å². The zero-order valence-corrected chi connectivity index (χ0v) is 17.6. The molecule has 152 valence electrons. The first-order valence-electron chi connectivity index (χ1n) is 9.70. The first-order valence-corrected chi connectivity index (χ1v) is 10.1. The van der Waals surface area contributed by atoms with Crippen molar-refractivity contribution in [2.45, 2.75) is 26.7 Å². The molecule has 1 aliphatic rings. The van der Waals surface area contributed by atoms with E-state index in [1.807, 2.05) is 67.3 Å². The number of carbonyl (C=O) groups is 1. The summed E-state index contributed by atoms with van der Waals surface area (Å²) >= 11 is 5.28. The van der Waals surface area contributed by atoms with Crippen molar-refractivity contribution < 1.29 is 9.53 Å². The number of aryl methyl sites for hydroxylation is 1. The quantitative estimate of drug-likeness (QED) is 0.432. The summed E-state index contributed by atoms with van der Waals surface area (Å²) in [6, 6.07) is 15.5. The number of nitrogens with one attached hydrogen (secondary N) is 2. The summed E-state index contributed by atoms with van der Waals surface area (Å²) in [5, 5.41) is 7.84. The summed E-state index contributed by atoms with van der Waals surface area (Å²) in [5.41, 5.74) is 6.68. The van der Waals surface area contributed by atoms with Crippen molar-refractivity contribution in [2.75, 3.05) is 25.0 Å². The molecule has 1 saturated heterocycles. The van der Waals surface area contributed by atoms with Crippen molar-refractivity contribution in [1.82, 2.24) is 10.3 Å². The lowest BCUT2D eigenvalue weighted by Crippen LogP contribution is -2.32. The molecule has 7 heteroatoms. The van der Waals surface area contributed by atoms with E-state index in [9.17, 15) is 4.79 Å². The Labute approximate surface area is 176 Å². The third kappa shape index (κ3) is 6.29. The molecule has 1 aliphatic heterocycles. The molecule has 0 aliphatic carbocycles. The lowest BCUT2D eigenvalue weighted by molar-refractivity contribution is -0.132. The maximum absolute atomic E-state index is 12.0. The van der Waals surface area contributed by atoms with Gasteiger partial charge >= 0.3 is 0 Å². The van der Waals surface area contributed by atoms with Gasteiger partial charge < -0.3 is 15.0 Å². The molecular weight excluding hydrogens is 384 g/mol. The Balaban J connectivity index is 1.48. The molecule has 2 aromatic carbocycles. The largest absolute Gasteiger partial charge is 0.484 e. The van der Waals surface area contributed by atoms with E-state index in [1.54, 1.807) is 0 Å². The highest BCUT2D eigenvalue weighted by molar-refractivity contribution is 7.80. The highest BCUT2D eigenvalue weighted by Crippen LogP contribution is 2.14. The molecule has 0 atom stereocenters. The van der Waals surface area contributed by atoms with Crippen molar-refractivity contribution in [3.63, 3.8) is 0 Å². The standard InChI is InChI=1S/C22H26N4O2S/c1-16-5-9-19(10-6-16)23-22(29)25-24-17(2)18-7-11-20(12-8-18)28-15-21(27)26-13-3-4-14-26/h5-12H,3-4,13-15H2,1-2H3,(H2,23,25,29)/b24-17-. The highest BCUT2D eigenvalue weighted by atomic mass is 32.1. The minimum atomic E-state index is 0.0445. The number of benzene rings is 2. The van der Waals surface area contributed by atoms with E-state index in [0.29, 0.717) is 10.9 Å². The fraction of sp³-hybridized carbons (Fsp3) is 0.318. The Morgan fingerprint density at radius 3 is 2.41 bits per heavy atom. The fourth-order valence-corrected chi connectivity index (χ4v) is 3.15. The topological polar surface area (TPSA) is 66.0 Å². The van der Waals surface area contributed by atoms with Gasteiger partial charge in [0.15, 0.2) is 11.7 Å². The van der Waals surface area contributed by atoms with Crippen LogP contribution in [0.25, 0.3) is 0 Å². The monoisotopic (exact) mass is 410 g/mol. The summed E-state index contributed by atoms with van der Waals surface area (Å²) in [7, 11) is 0. The number of hydrogen-bond donors (Lipinski definition) is 2. The van der Waals surface area contributed by atoms with Gasteiger partial charge in [0, 0.05) is 18.8 Å². The van der Waals surface area contributed by atoms with E-state index in [2.05, 4.69) is 15.8 Å². The molecular formula is C22H26N4O2S. The molecule has 0 spiro atoms. The predicted octanol–water partition coefficient (Wildman–Crippen LogP) is 3.71. The first kappa shape index (κ1) is 20.8. The van der Waals surface area contributed by atoms with Crippen LogP contribution >= 0.6 is 12.2 Å². The van der Waals surface area contributed by atoms with E-state index in [0.717, 1.165) is 42.9 Å². The Hall–Kier alpha value is -2.93. The molecule has 0 unspecified atom stereocenters. The Morgan fingerprint density at radius 1 is 1.10 bits per heavy atom. The average molecular weight is 411 g/mol. The second-order valence-electron chi connectivity index (χ2n) is 7.03. The average Bonchev–Trinajstić information content (AvgIpc) is 3.27. The van der Waals surface area contributed by atoms with Crippen LogP contribution < -0.4 is 15.5 Å². The van der Waals surface area contributed by atoms with Crippen LogP contribution in [0.1, 0.15) is 30.9 Å². The minimum absolute atomic E-state index is 0.0445. The molecule has 0 radical (unpaired) electrons. The second-order valence-corrected chi connectivity index (χ2v) is 7.44. The van der Waals surface area contributed by atoms with E-state index < -0.39 is 0 Å². The van der Waals surface area contributed by atoms with Crippen molar-refractivity contribution >= 4 is 34.6 Å². The van der Waals surface area contributed by atoms with Crippen molar-refractivity contribution in [3.8, 4) is 5.75 Å². The zero-order valence-electron chi connectivity index (χ0n) is 16.8. The van der Waals surface area contributed by atoms with Crippen LogP contribution in [0.15, 0.2) is 53.6 Å². The molecule has 0 bridgehead atoms. The Morgan fingerprint density at radius 2 is 1.76 bits per heavy atom. The molecule has 1 amide bonds. The molecule has 3 rings (SSSR count). The number of ether oxygens (including phenoxy) is 1. The fourth-order valence-electron chi connectivity index (χ4n) is 2.99. The first-order chi connectivity index (χ1) is 14.0. The number of likely N-dealkylation sites (tertiary alicyclic amines) is 1. The van der Waals surface area contributed by atoms with Gasteiger partial charge in [0.25, 0.3) is 5.91 Å². The van der Waals surface area contributed by atoms with Crippen LogP contribution in [0.3, 0.4) is 0 Å². The minimum Gasteiger partial charge on any atom is -0.484 e. The molecule has 1 fully saturated rings. The van der Waals surface area contributed by atoms with Gasteiger partial charge in [-0.15, -0.1) is 0 Å². The number of amides is 1. The highest BCUT2D eigenvalue weighted by Gasteiger charge is 2.18. The van der Waals surface area contributed by atoms with E-state index in [-0.39, 0.29) is 12.5 Å². The van der Waals surface area contributed by atoms with Crippen LogP contribution in [0.4, 0.5) is 5.69 Å². The molecule has 29 heavy (non-hydrogen) atoms. The number of carbonyl (C=O) groups excluding carboxylic acids is 1. The third-order valence-corrected chi connectivity index (χ3v) is 4.92. The zero-order chi connectivity index (χ0) is 20.6. The predicted molar refractivity (Wildman–Crippen MR) is 120 cm³/mol. The number of hydrogen-bond acceptors (Lipinski definition) is 4. The number of anilines is 1. The van der Waals surface area contributed by atoms with Crippen molar-refractivity contribution in [2.24, 2.45) is 5.10 Å². The smallest absolute Gasteiger partial charge is 0.260 e. The molecule has 2 N–H and O–H groups in total. The molecule has 2 aromatic rings. The SMILES string of the molecule is C/C(=N/NC(=S)Nc1ccc(C)cc1)c1ccc(OCC(=O)N2CCCC2)cc1. The maximum atomic E-state index is 12.0. The lowest BCUT2D eigenvalue weighted by Gasteiger charge is -2.15. The van der Waals surface area contributed by atoms with Gasteiger partial charge in [-0.2, -0.15) is 5.10 Å². The van der Waals surface area contributed by atoms with Gasteiger partial charge in [0.2, 0.25) is 0 Å². The Kier molecular flexibility index (Phi) is 7.19. The van der Waals surface area contributed by atoms with Gasteiger partial charge in [0.1, 0.15) is 5.75 Å². The molecule has 1 heterocycles. The Bertz CT molecular complexity index is 873. The molecule has 6 nitrogen and oxygen atoms in total. The van der Waals surface area contributed by atoms with E-state index in [1.165, 1.54) is 5.56 Å². The van der Waals surface area contributed by atoms with Crippen LogP contribution in [0, 0.1) is 6.92 Å². The molecule has 0 saturated carbocycles. The lowest BCUT2D eigenvalue weighted by atomic mass is 10.1. The number of rotatable bonds is 6. The van der Waals surface area contributed by atoms with Gasteiger partial charge in [-0.25, -0.2) is 0 Å². The summed E-state index contributed by atoms with van der Waals surface area (Å²) in [6.07, 6.45) is 2.16.